The molecule has 0 bridgehead atoms. The lowest BCUT2D eigenvalue weighted by atomic mass is 10.4. The van der Waals surface area contributed by atoms with Crippen molar-refractivity contribution < 1.29 is 42.0 Å². The first-order chi connectivity index (χ1) is 22.5. The Bertz CT molecular complexity index is 738. The van der Waals surface area contributed by atoms with Crippen molar-refractivity contribution in [2.24, 2.45) is 0 Å². The van der Waals surface area contributed by atoms with Gasteiger partial charge in [0.25, 0.3) is 0 Å². The fraction of sp³-hybridized carbons (Fsp3) is 0.909. The quantitative estimate of drug-likeness (QED) is 0.0169. The van der Waals surface area contributed by atoms with Crippen LogP contribution in [0, 0.1) is 0 Å². The topological polar surface area (TPSA) is 78.9 Å². The zero-order valence-corrected chi connectivity index (χ0v) is 39.9. The van der Waals surface area contributed by atoms with Crippen molar-refractivity contribution in [1.29, 1.82) is 0 Å². The molecule has 0 atom stereocenters. The van der Waals surface area contributed by atoms with Crippen LogP contribution in [0.1, 0.15) is 59.3 Å². The first-order valence-corrected chi connectivity index (χ1v) is 23.0. The van der Waals surface area contributed by atoms with E-state index in [0.29, 0.717) is 44.8 Å². The first kappa shape index (κ1) is 62.9. The predicted octanol–water partition coefficient (Wildman–Crippen LogP) is 7.17. The number of esters is 3. The minimum Gasteiger partial charge on any atom is -0.460 e. The molecular formula is C33H76Cl2N3O6S6+3. The Labute approximate surface area is 349 Å². The minimum atomic E-state index is -0.142. The summed E-state index contributed by atoms with van der Waals surface area (Å²) in [6, 6.07) is 0. The Morgan fingerprint density at radius 2 is 0.820 bits per heavy atom. The van der Waals surface area contributed by atoms with Gasteiger partial charge in [-0.25, -0.2) is 0 Å². The van der Waals surface area contributed by atoms with Crippen LogP contribution in [0.3, 0.4) is 0 Å². The molecule has 0 spiro atoms. The fourth-order valence-electron chi connectivity index (χ4n) is 4.17. The smallest absolute Gasteiger partial charge is 0.306 e. The predicted molar refractivity (Wildman–Crippen MR) is 239 cm³/mol. The van der Waals surface area contributed by atoms with Gasteiger partial charge in [0.05, 0.1) is 81.2 Å². The van der Waals surface area contributed by atoms with Crippen molar-refractivity contribution in [2.45, 2.75) is 59.3 Å². The number of thioether (sulfide) groups is 2. The molecule has 0 aliphatic rings. The van der Waals surface area contributed by atoms with Crippen LogP contribution in [-0.4, -0.2) is 168 Å². The number of thiol groups is 3. The molecule has 0 aromatic rings. The van der Waals surface area contributed by atoms with Gasteiger partial charge < -0.3 is 27.7 Å². The minimum absolute atomic E-state index is 0. The summed E-state index contributed by atoms with van der Waals surface area (Å²) in [5, 5.41) is 0.876. The van der Waals surface area contributed by atoms with Gasteiger partial charge in [0, 0.05) is 22.3 Å². The van der Waals surface area contributed by atoms with E-state index in [2.05, 4.69) is 100.0 Å². The summed E-state index contributed by atoms with van der Waals surface area (Å²) in [6.45, 7) is 13.9. The molecule has 0 heterocycles. The number of likely N-dealkylation sites (N-methyl/N-ethyl adjacent to an activating group) is 3. The Kier molecular flexibility index (Phi) is 53.8. The number of quaternary nitrogens is 3. The van der Waals surface area contributed by atoms with Gasteiger partial charge in [0.15, 0.2) is 0 Å². The van der Waals surface area contributed by atoms with Gasteiger partial charge in [-0.2, -0.15) is 48.8 Å². The maximum absolute atomic E-state index is 11.8. The van der Waals surface area contributed by atoms with Gasteiger partial charge in [0.2, 0.25) is 0 Å². The third-order valence-corrected chi connectivity index (χ3v) is 9.29. The Hall–Kier alpha value is 0.970. The maximum atomic E-state index is 11.8. The van der Waals surface area contributed by atoms with E-state index in [1.165, 1.54) is 10.8 Å². The van der Waals surface area contributed by atoms with E-state index in [0.717, 1.165) is 88.6 Å². The number of rotatable bonds is 25. The van der Waals surface area contributed by atoms with Crippen molar-refractivity contribution in [3.05, 3.63) is 0 Å². The standard InChI is InChI=1S/C21H44N2O4S2.C10H21NO2S.CH4S2.CH4S.2ClH/c1-7-11-22(3,4)13-15-26-20(24)9-17-28-19-29-18-10-21(25)27-16-14-23(5,6)12-8-2;1-4-6-11(2,3)7-8-13-10(12)5-9-14;1-3-2;1-2;;/h7-19H2,1-6H3;4-9H2,1-3H3;2H,1H3;2H,1H3;2*1H/q+2;;;;;/p+1. The highest BCUT2D eigenvalue weighted by Crippen LogP contribution is 2.14. The number of hydrogen-bond donors (Lipinski definition) is 3. The molecule has 0 saturated heterocycles. The monoisotopic (exact) mass is 872 g/mol. The van der Waals surface area contributed by atoms with Crippen LogP contribution in [-0.2, 0) is 28.6 Å². The summed E-state index contributed by atoms with van der Waals surface area (Å²) in [7, 11) is 14.4. The molecule has 0 aliphatic heterocycles. The summed E-state index contributed by atoms with van der Waals surface area (Å²) >= 11 is 14.6. The molecule has 0 radical (unpaired) electrons. The van der Waals surface area contributed by atoms with Crippen molar-refractivity contribution in [3.63, 3.8) is 0 Å². The number of carbonyl (C=O) groups is 3. The highest BCUT2D eigenvalue weighted by Gasteiger charge is 2.16. The molecule has 306 valence electrons. The third kappa shape index (κ3) is 51.1. The molecule has 0 aromatic carbocycles. The van der Waals surface area contributed by atoms with E-state index in [4.69, 9.17) is 14.2 Å². The lowest BCUT2D eigenvalue weighted by Gasteiger charge is -2.28. The average Bonchev–Trinajstić information content (AvgIpc) is 2.98. The molecule has 0 amide bonds. The van der Waals surface area contributed by atoms with Crippen LogP contribution in [0.4, 0.5) is 0 Å². The van der Waals surface area contributed by atoms with E-state index in [9.17, 15) is 14.4 Å². The lowest BCUT2D eigenvalue weighted by Crippen LogP contribution is -2.43. The number of halogens is 2. The summed E-state index contributed by atoms with van der Waals surface area (Å²) in [6.07, 6.45) is 8.30. The van der Waals surface area contributed by atoms with Gasteiger partial charge in [-0.15, -0.1) is 47.3 Å². The van der Waals surface area contributed by atoms with E-state index in [-0.39, 0.29) is 42.7 Å². The molecule has 9 nitrogen and oxygen atoms in total. The molecule has 0 unspecified atom stereocenters. The van der Waals surface area contributed by atoms with Gasteiger partial charge >= 0.3 is 17.9 Å². The van der Waals surface area contributed by atoms with Crippen LogP contribution in [0.15, 0.2) is 0 Å². The fourth-order valence-corrected chi connectivity index (χ4v) is 6.39. The number of carbonyl (C=O) groups excluding carboxylic acids is 3. The first-order valence-electron chi connectivity index (χ1n) is 16.9. The van der Waals surface area contributed by atoms with E-state index in [1.54, 1.807) is 29.8 Å². The van der Waals surface area contributed by atoms with Crippen molar-refractivity contribution >= 4 is 114 Å². The molecular weight excluding hydrogens is 798 g/mol. The zero-order chi connectivity index (χ0) is 37.9. The number of nitrogens with zero attached hydrogens (tertiary/aromatic N) is 3. The highest BCUT2D eigenvalue weighted by atomic mass is 35.5. The number of ether oxygens (including phenoxy) is 3. The zero-order valence-electron chi connectivity index (χ0n) is 33.1. The number of hydrogen-bond acceptors (Lipinski definition) is 12. The normalized spacial score (nSPS) is 10.7. The molecule has 50 heavy (non-hydrogen) atoms. The van der Waals surface area contributed by atoms with Gasteiger partial charge in [-0.3, -0.25) is 14.4 Å². The average molecular weight is 874 g/mol. The summed E-state index contributed by atoms with van der Waals surface area (Å²) in [5.41, 5.74) is 0. The summed E-state index contributed by atoms with van der Waals surface area (Å²) in [4.78, 5) is 34.5. The molecule has 17 heteroatoms. The Morgan fingerprint density at radius 1 is 0.560 bits per heavy atom. The second-order valence-corrected chi connectivity index (χ2v) is 17.4. The summed E-state index contributed by atoms with van der Waals surface area (Å²) < 4.78 is 18.4. The van der Waals surface area contributed by atoms with E-state index >= 15 is 0 Å². The molecule has 0 N–H and O–H groups in total. The van der Waals surface area contributed by atoms with Crippen molar-refractivity contribution in [2.75, 3.05) is 136 Å². The Morgan fingerprint density at radius 3 is 1.06 bits per heavy atom. The highest BCUT2D eigenvalue weighted by molar-refractivity contribution is 8.68. The SMILES string of the molecule is CCC[N+](C)(C)CCOC(=O)CCS.CCC[N+](C)(C)CCOC(=O)CCSCSCCC(=O)OCC[N+](C)(C)CCC.CS.CSS.Cl.Cl. The lowest BCUT2D eigenvalue weighted by molar-refractivity contribution is -0.890. The Balaban J connectivity index is -0.000000193. The second kappa shape index (κ2) is 42.7. The maximum Gasteiger partial charge on any atom is 0.306 e. The van der Waals surface area contributed by atoms with Gasteiger partial charge in [-0.1, -0.05) is 20.8 Å². The van der Waals surface area contributed by atoms with Crippen molar-refractivity contribution in [1.82, 2.24) is 0 Å². The molecule has 0 aromatic heterocycles. The van der Waals surface area contributed by atoms with Gasteiger partial charge in [0.1, 0.15) is 39.5 Å². The molecule has 0 aliphatic carbocycles. The molecule has 0 rings (SSSR count). The van der Waals surface area contributed by atoms with Crippen LogP contribution in [0.5, 0.6) is 0 Å². The van der Waals surface area contributed by atoms with Crippen LogP contribution in [0.2, 0.25) is 0 Å². The largest absolute Gasteiger partial charge is 0.460 e. The van der Waals surface area contributed by atoms with E-state index in [1.807, 2.05) is 6.26 Å². The molecule has 0 saturated carbocycles. The van der Waals surface area contributed by atoms with E-state index < -0.39 is 0 Å². The van der Waals surface area contributed by atoms with Gasteiger partial charge in [-0.05, 0) is 31.8 Å². The van der Waals surface area contributed by atoms with Crippen LogP contribution >= 0.6 is 96.1 Å². The molecule has 0 fully saturated rings. The van der Waals surface area contributed by atoms with Crippen LogP contribution in [0.25, 0.3) is 0 Å². The second-order valence-electron chi connectivity index (χ2n) is 12.9. The van der Waals surface area contributed by atoms with Crippen LogP contribution < -0.4 is 0 Å². The van der Waals surface area contributed by atoms with Crippen molar-refractivity contribution in [3.8, 4) is 0 Å². The summed E-state index contributed by atoms with van der Waals surface area (Å²) in [5.74, 6) is 1.70. The third-order valence-electron chi connectivity index (χ3n) is 6.75.